The highest BCUT2D eigenvalue weighted by Crippen LogP contribution is 2.17. The van der Waals surface area contributed by atoms with E-state index in [-0.39, 0.29) is 0 Å². The lowest BCUT2D eigenvalue weighted by atomic mass is 10.2. The van der Waals surface area contributed by atoms with Crippen LogP contribution in [-0.4, -0.2) is 23.1 Å². The van der Waals surface area contributed by atoms with Gasteiger partial charge in [0.05, 0.1) is 12.5 Å². The van der Waals surface area contributed by atoms with Crippen molar-refractivity contribution in [1.29, 1.82) is 5.26 Å². The maximum absolute atomic E-state index is 8.76. The molecule has 0 radical (unpaired) electrons. The predicted molar refractivity (Wildman–Crippen MR) is 77.7 cm³/mol. The van der Waals surface area contributed by atoms with Gasteiger partial charge in [-0.25, -0.2) is 9.97 Å². The number of rotatable bonds is 7. The highest BCUT2D eigenvalue weighted by atomic mass is 15.2. The van der Waals surface area contributed by atoms with Crippen LogP contribution in [-0.2, 0) is 6.42 Å². The van der Waals surface area contributed by atoms with Crippen LogP contribution in [0.2, 0.25) is 0 Å². The van der Waals surface area contributed by atoms with E-state index in [0.717, 1.165) is 31.0 Å². The Morgan fingerprint density at radius 3 is 2.74 bits per heavy atom. The minimum absolute atomic E-state index is 0.486. The van der Waals surface area contributed by atoms with Crippen molar-refractivity contribution in [3.8, 4) is 6.07 Å². The zero-order chi connectivity index (χ0) is 14.3. The molecule has 0 fully saturated rings. The van der Waals surface area contributed by atoms with Crippen LogP contribution in [0.3, 0.4) is 0 Å². The molecule has 0 bridgehead atoms. The van der Waals surface area contributed by atoms with Gasteiger partial charge in [0.25, 0.3) is 0 Å². The Morgan fingerprint density at radius 2 is 2.16 bits per heavy atom. The topological polar surface area (TPSA) is 78.8 Å². The second-order valence-electron chi connectivity index (χ2n) is 5.07. The molecule has 0 saturated carbocycles. The van der Waals surface area contributed by atoms with E-state index < -0.39 is 0 Å². The smallest absolute Gasteiger partial charge is 0.134 e. The molecule has 104 valence electrons. The van der Waals surface area contributed by atoms with Gasteiger partial charge in [-0.1, -0.05) is 20.8 Å². The molecule has 0 spiro atoms. The average Bonchev–Trinajstić information content (AvgIpc) is 2.33. The number of aryl methyl sites for hydroxylation is 1. The molecule has 0 unspecified atom stereocenters. The van der Waals surface area contributed by atoms with Crippen molar-refractivity contribution in [3.63, 3.8) is 0 Å². The van der Waals surface area contributed by atoms with Crippen molar-refractivity contribution in [2.75, 3.05) is 23.7 Å². The van der Waals surface area contributed by atoms with Crippen LogP contribution in [0, 0.1) is 17.2 Å². The van der Waals surface area contributed by atoms with E-state index in [1.807, 2.05) is 0 Å². The van der Waals surface area contributed by atoms with E-state index in [0.29, 0.717) is 24.7 Å². The highest BCUT2D eigenvalue weighted by Gasteiger charge is 2.12. The minimum atomic E-state index is 0.486. The monoisotopic (exact) mass is 261 g/mol. The lowest BCUT2D eigenvalue weighted by Crippen LogP contribution is -2.30. The van der Waals surface area contributed by atoms with Gasteiger partial charge in [0.1, 0.15) is 17.5 Å². The van der Waals surface area contributed by atoms with E-state index in [1.165, 1.54) is 0 Å². The van der Waals surface area contributed by atoms with Crippen molar-refractivity contribution in [2.45, 2.75) is 40.0 Å². The van der Waals surface area contributed by atoms with Crippen LogP contribution in [0.5, 0.6) is 0 Å². The number of aromatic nitrogens is 2. The van der Waals surface area contributed by atoms with Crippen molar-refractivity contribution >= 4 is 11.6 Å². The third-order valence-electron chi connectivity index (χ3n) is 2.66. The standard InChI is InChI=1S/C14H23N5/c1-4-6-13-17-12(16)9-14(18-13)19(8-5-7-15)10-11(2)3/h9,11H,4-6,8,10H2,1-3H3,(H2,16,17,18). The molecule has 2 N–H and O–H groups in total. The van der Waals surface area contributed by atoms with E-state index in [2.05, 4.69) is 41.7 Å². The fraction of sp³-hybridized carbons (Fsp3) is 0.643. The lowest BCUT2D eigenvalue weighted by molar-refractivity contribution is 0.606. The molecule has 1 heterocycles. The summed E-state index contributed by atoms with van der Waals surface area (Å²) >= 11 is 0. The predicted octanol–water partition coefficient (Wildman–Crippen LogP) is 2.39. The third-order valence-corrected chi connectivity index (χ3v) is 2.66. The Morgan fingerprint density at radius 1 is 1.42 bits per heavy atom. The summed E-state index contributed by atoms with van der Waals surface area (Å²) in [7, 11) is 0. The molecule has 5 heteroatoms. The maximum Gasteiger partial charge on any atom is 0.134 e. The Kier molecular flexibility index (Phi) is 6.07. The maximum atomic E-state index is 8.76. The van der Waals surface area contributed by atoms with Crippen molar-refractivity contribution in [3.05, 3.63) is 11.9 Å². The van der Waals surface area contributed by atoms with Gasteiger partial charge < -0.3 is 10.6 Å². The number of nitrogen functional groups attached to an aromatic ring is 1. The van der Waals surface area contributed by atoms with Crippen LogP contribution in [0.25, 0.3) is 0 Å². The molecule has 0 atom stereocenters. The molecule has 0 aliphatic rings. The number of nitrogens with zero attached hydrogens (tertiary/aromatic N) is 4. The first kappa shape index (κ1) is 15.2. The van der Waals surface area contributed by atoms with E-state index in [9.17, 15) is 0 Å². The summed E-state index contributed by atoms with van der Waals surface area (Å²) in [6.45, 7) is 7.93. The Labute approximate surface area is 115 Å². The lowest BCUT2D eigenvalue weighted by Gasteiger charge is -2.25. The fourth-order valence-electron chi connectivity index (χ4n) is 1.93. The summed E-state index contributed by atoms with van der Waals surface area (Å²) in [6.07, 6.45) is 2.30. The normalized spacial score (nSPS) is 10.5. The van der Waals surface area contributed by atoms with Crippen LogP contribution in [0.4, 0.5) is 11.6 Å². The van der Waals surface area contributed by atoms with Crippen molar-refractivity contribution in [1.82, 2.24) is 9.97 Å². The first-order chi connectivity index (χ1) is 9.06. The minimum Gasteiger partial charge on any atom is -0.384 e. The molecule has 0 aromatic carbocycles. The van der Waals surface area contributed by atoms with Gasteiger partial charge in [-0.2, -0.15) is 5.26 Å². The summed E-state index contributed by atoms with van der Waals surface area (Å²) in [6, 6.07) is 3.97. The number of anilines is 2. The number of hydrogen-bond donors (Lipinski definition) is 1. The van der Waals surface area contributed by atoms with Crippen molar-refractivity contribution in [2.24, 2.45) is 5.92 Å². The molecule has 1 aromatic rings. The molecule has 0 amide bonds. The second-order valence-corrected chi connectivity index (χ2v) is 5.07. The van der Waals surface area contributed by atoms with Crippen LogP contribution >= 0.6 is 0 Å². The number of nitriles is 1. The summed E-state index contributed by atoms with van der Waals surface area (Å²) in [5.74, 6) is 2.62. The Balaban J connectivity index is 2.96. The summed E-state index contributed by atoms with van der Waals surface area (Å²) < 4.78 is 0. The quantitative estimate of drug-likeness (QED) is 0.815. The van der Waals surface area contributed by atoms with Gasteiger partial charge in [-0.15, -0.1) is 0 Å². The largest absolute Gasteiger partial charge is 0.384 e. The molecule has 0 aliphatic heterocycles. The first-order valence-electron chi connectivity index (χ1n) is 6.82. The number of hydrogen-bond acceptors (Lipinski definition) is 5. The highest BCUT2D eigenvalue weighted by molar-refractivity contribution is 5.47. The fourth-order valence-corrected chi connectivity index (χ4v) is 1.93. The van der Waals surface area contributed by atoms with Gasteiger partial charge in [-0.05, 0) is 12.3 Å². The molecule has 1 rings (SSSR count). The van der Waals surface area contributed by atoms with Crippen LogP contribution in [0.1, 0.15) is 39.4 Å². The number of nitrogens with two attached hydrogens (primary N) is 1. The molecular weight excluding hydrogens is 238 g/mol. The molecule has 0 aliphatic carbocycles. The van der Waals surface area contributed by atoms with Gasteiger partial charge in [0.2, 0.25) is 0 Å². The third kappa shape index (κ3) is 5.12. The van der Waals surface area contributed by atoms with E-state index in [1.54, 1.807) is 6.07 Å². The molecule has 1 aromatic heterocycles. The van der Waals surface area contributed by atoms with Gasteiger partial charge in [0, 0.05) is 25.6 Å². The average molecular weight is 261 g/mol. The zero-order valence-corrected chi connectivity index (χ0v) is 12.1. The van der Waals surface area contributed by atoms with Gasteiger partial charge >= 0.3 is 0 Å². The van der Waals surface area contributed by atoms with E-state index >= 15 is 0 Å². The molecule has 0 saturated heterocycles. The molecule has 5 nitrogen and oxygen atoms in total. The van der Waals surface area contributed by atoms with Gasteiger partial charge in [-0.3, -0.25) is 0 Å². The van der Waals surface area contributed by atoms with Gasteiger partial charge in [0.15, 0.2) is 0 Å². The Bertz CT molecular complexity index is 436. The summed E-state index contributed by atoms with van der Waals surface area (Å²) in [4.78, 5) is 10.9. The van der Waals surface area contributed by atoms with Crippen LogP contribution in [0.15, 0.2) is 6.07 Å². The second kappa shape index (κ2) is 7.57. The zero-order valence-electron chi connectivity index (χ0n) is 12.1. The molecule has 19 heavy (non-hydrogen) atoms. The van der Waals surface area contributed by atoms with Crippen LogP contribution < -0.4 is 10.6 Å². The first-order valence-corrected chi connectivity index (χ1v) is 6.82. The summed E-state index contributed by atoms with van der Waals surface area (Å²) in [5.41, 5.74) is 5.84. The Hall–Kier alpha value is -1.83. The van der Waals surface area contributed by atoms with E-state index in [4.69, 9.17) is 11.0 Å². The molecular formula is C14H23N5. The summed E-state index contributed by atoms with van der Waals surface area (Å²) in [5, 5.41) is 8.76. The SMILES string of the molecule is CCCc1nc(N)cc(N(CCC#N)CC(C)C)n1. The van der Waals surface area contributed by atoms with Crippen molar-refractivity contribution < 1.29 is 0 Å².